The number of methoxy groups -OCH3 is 1. The molecule has 0 aliphatic carbocycles. The van der Waals surface area contributed by atoms with E-state index in [1.807, 2.05) is 18.4 Å². The maximum Gasteiger partial charge on any atom is 0.233 e. The van der Waals surface area contributed by atoms with Crippen molar-refractivity contribution in [2.24, 2.45) is 4.99 Å². The maximum absolute atomic E-state index is 13.2. The first kappa shape index (κ1) is 26.7. The lowest BCUT2D eigenvalue weighted by molar-refractivity contribution is -0.121. The molecule has 0 saturated heterocycles. The van der Waals surface area contributed by atoms with E-state index in [1.165, 1.54) is 11.8 Å². The number of ether oxygens (including phenoxy) is 1. The Morgan fingerprint density at radius 2 is 2.03 bits per heavy atom. The van der Waals surface area contributed by atoms with Gasteiger partial charge >= 0.3 is 0 Å². The Morgan fingerprint density at radius 1 is 1.24 bits per heavy atom. The van der Waals surface area contributed by atoms with Crippen LogP contribution in [-0.4, -0.2) is 39.9 Å². The Kier molecular flexibility index (Phi) is 9.97. The zero-order valence-electron chi connectivity index (χ0n) is 18.4. The van der Waals surface area contributed by atoms with Gasteiger partial charge in [-0.15, -0.1) is 11.6 Å². The number of nitrogens with zero attached hydrogens (tertiary/aromatic N) is 3. The molecule has 0 fully saturated rings. The van der Waals surface area contributed by atoms with Crippen LogP contribution < -0.4 is 10.1 Å². The van der Waals surface area contributed by atoms with Crippen molar-refractivity contribution in [3.63, 3.8) is 0 Å². The molecular weight excluding hydrogens is 538 g/mol. The highest BCUT2D eigenvalue weighted by molar-refractivity contribution is 8.13. The second-order valence-electron chi connectivity index (χ2n) is 7.12. The second kappa shape index (κ2) is 12.7. The summed E-state index contributed by atoms with van der Waals surface area (Å²) in [6.45, 7) is 0. The summed E-state index contributed by atoms with van der Waals surface area (Å²) >= 11 is 25.6. The lowest BCUT2D eigenvalue weighted by Gasteiger charge is -2.18. The first-order chi connectivity index (χ1) is 16.4. The molecule has 3 rings (SSSR count). The number of amides is 1. The first-order valence-electron chi connectivity index (χ1n) is 10.2. The minimum absolute atomic E-state index is 0.223. The summed E-state index contributed by atoms with van der Waals surface area (Å²) in [6.07, 6.45) is 6.30. The number of imidazole rings is 1. The van der Waals surface area contributed by atoms with Crippen LogP contribution in [0.2, 0.25) is 15.2 Å². The molecule has 34 heavy (non-hydrogen) atoms. The fourth-order valence-electron chi connectivity index (χ4n) is 3.31. The number of nitrogens with one attached hydrogen (secondary N) is 1. The number of rotatable bonds is 8. The third kappa shape index (κ3) is 6.83. The lowest BCUT2D eigenvalue weighted by atomic mass is 9.93. The summed E-state index contributed by atoms with van der Waals surface area (Å²) in [7, 11) is 1.57. The van der Waals surface area contributed by atoms with Crippen LogP contribution in [0, 0.1) is 0 Å². The van der Waals surface area contributed by atoms with E-state index >= 15 is 0 Å². The van der Waals surface area contributed by atoms with Crippen molar-refractivity contribution in [1.29, 1.82) is 0 Å². The van der Waals surface area contributed by atoms with Crippen LogP contribution in [0.15, 0.2) is 53.9 Å². The molecule has 2 aromatic carbocycles. The summed E-state index contributed by atoms with van der Waals surface area (Å²) in [4.78, 5) is 21.8. The van der Waals surface area contributed by atoms with Crippen LogP contribution in [0.5, 0.6) is 5.75 Å². The Morgan fingerprint density at radius 3 is 2.65 bits per heavy atom. The second-order valence-corrected chi connectivity index (χ2v) is 9.52. The van der Waals surface area contributed by atoms with E-state index in [-0.39, 0.29) is 5.91 Å². The summed E-state index contributed by atoms with van der Waals surface area (Å²) in [5, 5.41) is 4.67. The zero-order valence-corrected chi connectivity index (χ0v) is 22.2. The number of hydrogen-bond acceptors (Lipinski definition) is 5. The highest BCUT2D eigenvalue weighted by atomic mass is 35.5. The molecule has 180 valence electrons. The molecule has 0 radical (unpaired) electrons. The molecule has 0 aliphatic rings. The van der Waals surface area contributed by atoms with Gasteiger partial charge in [0.1, 0.15) is 17.2 Å². The fraction of sp³-hybridized carbons (Fsp3) is 0.261. The highest BCUT2D eigenvalue weighted by Gasteiger charge is 2.24. The molecule has 1 heterocycles. The molecule has 1 N–H and O–H groups in total. The number of aromatic nitrogens is 2. The molecule has 1 amide bonds. The number of halogens is 4. The average Bonchev–Trinajstić information content (AvgIpc) is 3.25. The Bertz CT molecular complexity index is 1190. The summed E-state index contributed by atoms with van der Waals surface area (Å²) in [6, 6.07) is 10.5. The van der Waals surface area contributed by atoms with E-state index in [0.29, 0.717) is 56.1 Å². The van der Waals surface area contributed by atoms with Crippen molar-refractivity contribution >= 4 is 74.9 Å². The van der Waals surface area contributed by atoms with Gasteiger partial charge in [0.25, 0.3) is 0 Å². The summed E-state index contributed by atoms with van der Waals surface area (Å²) < 4.78 is 7.27. The van der Waals surface area contributed by atoms with Gasteiger partial charge in [0.15, 0.2) is 5.17 Å². The van der Waals surface area contributed by atoms with Crippen molar-refractivity contribution in [2.45, 2.75) is 18.8 Å². The summed E-state index contributed by atoms with van der Waals surface area (Å²) in [5.41, 5.74) is 2.06. The minimum atomic E-state index is -0.497. The van der Waals surface area contributed by atoms with Crippen LogP contribution in [0.1, 0.15) is 24.3 Å². The molecular formula is C23H22Cl4N4O2S. The molecule has 1 unspecified atom stereocenters. The molecule has 0 aliphatic heterocycles. The van der Waals surface area contributed by atoms with E-state index in [9.17, 15) is 4.79 Å². The van der Waals surface area contributed by atoms with Gasteiger partial charge in [-0.1, -0.05) is 52.6 Å². The zero-order chi connectivity index (χ0) is 24.7. The highest BCUT2D eigenvalue weighted by Crippen LogP contribution is 2.32. The summed E-state index contributed by atoms with van der Waals surface area (Å²) in [5.74, 6) is 0.296. The van der Waals surface area contributed by atoms with E-state index in [4.69, 9.17) is 51.1 Å². The van der Waals surface area contributed by atoms with E-state index in [1.54, 1.807) is 48.5 Å². The SMILES string of the molecule is COc1cc(N=C(NC(=O)C(CCCCl)c2ccc(Cl)cc2Cl)SC)ccc1-n1cnc(Cl)c1. The third-order valence-corrected chi connectivity index (χ3v) is 6.53. The molecule has 0 bridgehead atoms. The number of carbonyl (C=O) groups is 1. The van der Waals surface area contributed by atoms with Crippen molar-refractivity contribution in [3.05, 3.63) is 69.7 Å². The van der Waals surface area contributed by atoms with Gasteiger partial charge in [-0.05, 0) is 48.9 Å². The monoisotopic (exact) mass is 558 g/mol. The van der Waals surface area contributed by atoms with E-state index < -0.39 is 5.92 Å². The Labute approximate surface area is 222 Å². The molecule has 0 spiro atoms. The lowest BCUT2D eigenvalue weighted by Crippen LogP contribution is -2.33. The number of thioether (sulfide) groups is 1. The van der Waals surface area contributed by atoms with Crippen LogP contribution >= 0.6 is 58.2 Å². The van der Waals surface area contributed by atoms with Gasteiger partial charge in [-0.2, -0.15) is 0 Å². The van der Waals surface area contributed by atoms with Crippen molar-refractivity contribution in [2.75, 3.05) is 19.2 Å². The normalized spacial score (nSPS) is 12.5. The van der Waals surface area contributed by atoms with Crippen LogP contribution in [-0.2, 0) is 4.79 Å². The molecule has 0 saturated carbocycles. The van der Waals surface area contributed by atoms with Crippen molar-refractivity contribution in [1.82, 2.24) is 14.9 Å². The maximum atomic E-state index is 13.2. The van der Waals surface area contributed by atoms with Gasteiger partial charge < -0.3 is 14.6 Å². The first-order valence-corrected chi connectivity index (χ1v) is 13.1. The average molecular weight is 560 g/mol. The molecule has 1 aromatic heterocycles. The van der Waals surface area contributed by atoms with E-state index in [0.717, 1.165) is 5.69 Å². The van der Waals surface area contributed by atoms with Crippen molar-refractivity contribution < 1.29 is 9.53 Å². The van der Waals surface area contributed by atoms with Gasteiger partial charge in [0, 0.05) is 28.2 Å². The number of hydrogen-bond donors (Lipinski definition) is 1. The molecule has 1 atom stereocenters. The topological polar surface area (TPSA) is 68.5 Å². The number of amidine groups is 1. The molecule has 11 heteroatoms. The predicted molar refractivity (Wildman–Crippen MR) is 143 cm³/mol. The number of aliphatic imine (C=N–C) groups is 1. The smallest absolute Gasteiger partial charge is 0.233 e. The number of carbonyl (C=O) groups excluding carboxylic acids is 1. The van der Waals surface area contributed by atoms with E-state index in [2.05, 4.69) is 15.3 Å². The Balaban J connectivity index is 1.85. The number of alkyl halides is 1. The van der Waals surface area contributed by atoms with Crippen molar-refractivity contribution in [3.8, 4) is 11.4 Å². The van der Waals surface area contributed by atoms with Crippen LogP contribution in [0.3, 0.4) is 0 Å². The van der Waals surface area contributed by atoms with Gasteiger partial charge in [-0.3, -0.25) is 4.79 Å². The predicted octanol–water partition coefficient (Wildman–Crippen LogP) is 7.11. The Hall–Kier alpha value is -1.90. The van der Waals surface area contributed by atoms with Gasteiger partial charge in [-0.25, -0.2) is 9.98 Å². The number of benzene rings is 2. The van der Waals surface area contributed by atoms with Gasteiger partial charge in [0.05, 0.1) is 24.4 Å². The standard InChI is InChI=1S/C23H22Cl4N4O2S/c1-33-20-11-15(6-8-19(20)31-12-21(27)28-13-31)29-23(34-2)30-22(32)17(4-3-9-24)16-7-5-14(25)10-18(16)26/h5-8,10-13,17H,3-4,9H2,1-2H3,(H,29,30,32). The quantitative estimate of drug-likeness (QED) is 0.181. The molecule has 6 nitrogen and oxygen atoms in total. The van der Waals surface area contributed by atoms with Gasteiger partial charge in [0.2, 0.25) is 5.91 Å². The fourth-order valence-corrected chi connectivity index (χ4v) is 4.55. The van der Waals surface area contributed by atoms with Crippen LogP contribution in [0.4, 0.5) is 5.69 Å². The minimum Gasteiger partial charge on any atom is -0.494 e. The van der Waals surface area contributed by atoms with Crippen LogP contribution in [0.25, 0.3) is 5.69 Å². The largest absolute Gasteiger partial charge is 0.494 e. The third-order valence-electron chi connectivity index (χ3n) is 4.93. The molecule has 3 aromatic rings.